The largest absolute Gasteiger partial charge is 0.452 e. The van der Waals surface area contributed by atoms with Crippen molar-refractivity contribution in [3.63, 3.8) is 0 Å². The Bertz CT molecular complexity index is 1040. The zero-order chi connectivity index (χ0) is 18.7. The highest BCUT2D eigenvalue weighted by Crippen LogP contribution is 2.20. The Kier molecular flexibility index (Phi) is 4.85. The van der Waals surface area contributed by atoms with Gasteiger partial charge in [-0.3, -0.25) is 0 Å². The summed E-state index contributed by atoms with van der Waals surface area (Å²) >= 11 is 0. The van der Waals surface area contributed by atoms with E-state index in [0.717, 1.165) is 17.4 Å². The van der Waals surface area contributed by atoms with E-state index in [1.54, 1.807) is 0 Å². The fraction of sp³-hybridized carbons (Fsp3) is 0.167. The lowest BCUT2D eigenvalue weighted by atomic mass is 10.1. The standard InChI is InChI=1S/C18H16N2O5S/c1-12-5-3-4-6-15(12)17-19-16(25-20-17)11-24-18(21)13-7-9-14(10-8-13)26(2,22)23/h3-10H,11H2,1-2H3. The molecule has 0 spiro atoms. The van der Waals surface area contributed by atoms with Gasteiger partial charge < -0.3 is 9.26 Å². The van der Waals surface area contributed by atoms with Gasteiger partial charge in [-0.1, -0.05) is 29.4 Å². The molecule has 7 nitrogen and oxygen atoms in total. The zero-order valence-corrected chi connectivity index (χ0v) is 15.0. The van der Waals surface area contributed by atoms with E-state index in [-0.39, 0.29) is 23.0 Å². The van der Waals surface area contributed by atoms with Crippen LogP contribution in [0.25, 0.3) is 11.4 Å². The summed E-state index contributed by atoms with van der Waals surface area (Å²) in [5, 5.41) is 3.89. The number of hydrogen-bond donors (Lipinski definition) is 0. The van der Waals surface area contributed by atoms with Crippen molar-refractivity contribution in [2.24, 2.45) is 0 Å². The minimum atomic E-state index is -3.31. The second-order valence-electron chi connectivity index (χ2n) is 5.70. The average Bonchev–Trinajstić information content (AvgIpc) is 3.08. The van der Waals surface area contributed by atoms with Crippen LogP contribution in [-0.4, -0.2) is 30.8 Å². The summed E-state index contributed by atoms with van der Waals surface area (Å²) in [4.78, 5) is 16.4. The van der Waals surface area contributed by atoms with Crippen molar-refractivity contribution in [1.29, 1.82) is 0 Å². The van der Waals surface area contributed by atoms with Crippen molar-refractivity contribution < 1.29 is 22.5 Å². The summed E-state index contributed by atoms with van der Waals surface area (Å²) in [6.45, 7) is 1.76. The molecule has 3 aromatic rings. The second-order valence-corrected chi connectivity index (χ2v) is 7.72. The van der Waals surface area contributed by atoms with Crippen LogP contribution in [0.3, 0.4) is 0 Å². The Morgan fingerprint density at radius 3 is 2.46 bits per heavy atom. The van der Waals surface area contributed by atoms with Gasteiger partial charge in [0.05, 0.1) is 10.5 Å². The molecule has 26 heavy (non-hydrogen) atoms. The Hall–Kier alpha value is -3.00. The van der Waals surface area contributed by atoms with E-state index in [1.807, 2.05) is 31.2 Å². The highest BCUT2D eigenvalue weighted by Gasteiger charge is 2.14. The molecule has 0 amide bonds. The van der Waals surface area contributed by atoms with Gasteiger partial charge >= 0.3 is 5.97 Å². The number of rotatable bonds is 5. The molecule has 1 aromatic heterocycles. The van der Waals surface area contributed by atoms with Gasteiger partial charge in [-0.05, 0) is 36.8 Å². The molecule has 0 fully saturated rings. The molecular formula is C18H16N2O5S. The first-order valence-corrected chi connectivity index (χ1v) is 9.59. The molecular weight excluding hydrogens is 356 g/mol. The second kappa shape index (κ2) is 7.09. The number of nitrogens with zero attached hydrogens (tertiary/aromatic N) is 2. The Morgan fingerprint density at radius 1 is 1.12 bits per heavy atom. The number of esters is 1. The summed E-state index contributed by atoms with van der Waals surface area (Å²) in [5.41, 5.74) is 2.07. The first-order valence-electron chi connectivity index (χ1n) is 7.70. The van der Waals surface area contributed by atoms with E-state index < -0.39 is 15.8 Å². The fourth-order valence-electron chi connectivity index (χ4n) is 2.30. The van der Waals surface area contributed by atoms with Crippen LogP contribution in [0.5, 0.6) is 0 Å². The van der Waals surface area contributed by atoms with E-state index >= 15 is 0 Å². The minimum Gasteiger partial charge on any atom is -0.452 e. The summed E-state index contributed by atoms with van der Waals surface area (Å²) in [7, 11) is -3.31. The molecule has 0 atom stereocenters. The summed E-state index contributed by atoms with van der Waals surface area (Å²) in [6.07, 6.45) is 1.10. The number of benzene rings is 2. The van der Waals surface area contributed by atoms with Crippen LogP contribution in [0.2, 0.25) is 0 Å². The Balaban J connectivity index is 1.66. The molecule has 0 unspecified atom stereocenters. The summed E-state index contributed by atoms with van der Waals surface area (Å²) in [5.74, 6) is -0.0169. The maximum absolute atomic E-state index is 12.0. The first-order chi connectivity index (χ1) is 12.3. The van der Waals surface area contributed by atoms with Crippen molar-refractivity contribution in [2.75, 3.05) is 6.26 Å². The van der Waals surface area contributed by atoms with Gasteiger partial charge in [0.1, 0.15) is 0 Å². The zero-order valence-electron chi connectivity index (χ0n) is 14.2. The fourth-order valence-corrected chi connectivity index (χ4v) is 2.93. The lowest BCUT2D eigenvalue weighted by molar-refractivity contribution is 0.0429. The lowest BCUT2D eigenvalue weighted by Gasteiger charge is -2.03. The Morgan fingerprint density at radius 2 is 1.81 bits per heavy atom. The molecule has 2 aromatic carbocycles. The summed E-state index contributed by atoms with van der Waals surface area (Å²) < 4.78 is 33.1. The number of carbonyl (C=O) groups is 1. The Labute approximate surface area is 150 Å². The molecule has 1 heterocycles. The molecule has 0 saturated carbocycles. The highest BCUT2D eigenvalue weighted by atomic mass is 32.2. The van der Waals surface area contributed by atoms with Crippen molar-refractivity contribution >= 4 is 15.8 Å². The number of aryl methyl sites for hydroxylation is 1. The third-order valence-corrected chi connectivity index (χ3v) is 4.83. The molecule has 3 rings (SSSR count). The van der Waals surface area contributed by atoms with Gasteiger partial charge in [0.15, 0.2) is 16.4 Å². The molecule has 0 N–H and O–H groups in total. The molecule has 134 valence electrons. The number of aromatic nitrogens is 2. The maximum Gasteiger partial charge on any atom is 0.338 e. The molecule has 0 aliphatic rings. The van der Waals surface area contributed by atoms with Gasteiger partial charge in [0.25, 0.3) is 5.89 Å². The van der Waals surface area contributed by atoms with Crippen molar-refractivity contribution in [3.8, 4) is 11.4 Å². The van der Waals surface area contributed by atoms with Crippen LogP contribution >= 0.6 is 0 Å². The normalized spacial score (nSPS) is 11.3. The molecule has 8 heteroatoms. The van der Waals surface area contributed by atoms with Gasteiger partial charge in [-0.25, -0.2) is 13.2 Å². The number of carbonyl (C=O) groups excluding carboxylic acids is 1. The van der Waals surface area contributed by atoms with Gasteiger partial charge in [0.2, 0.25) is 5.82 Å². The minimum absolute atomic E-state index is 0.133. The van der Waals surface area contributed by atoms with E-state index in [0.29, 0.717) is 5.82 Å². The van der Waals surface area contributed by atoms with E-state index in [9.17, 15) is 13.2 Å². The smallest absolute Gasteiger partial charge is 0.338 e. The monoisotopic (exact) mass is 372 g/mol. The molecule has 0 saturated heterocycles. The quantitative estimate of drug-likeness (QED) is 0.635. The molecule has 0 aliphatic heterocycles. The third kappa shape index (κ3) is 3.97. The number of sulfone groups is 1. The number of hydrogen-bond acceptors (Lipinski definition) is 7. The van der Waals surface area contributed by atoms with Gasteiger partial charge in [0, 0.05) is 11.8 Å². The SMILES string of the molecule is Cc1ccccc1-c1noc(COC(=O)c2ccc(S(C)(=O)=O)cc2)n1. The lowest BCUT2D eigenvalue weighted by Crippen LogP contribution is -2.06. The van der Waals surface area contributed by atoms with Crippen molar-refractivity contribution in [1.82, 2.24) is 10.1 Å². The van der Waals surface area contributed by atoms with Crippen LogP contribution in [0, 0.1) is 6.92 Å². The predicted molar refractivity (Wildman–Crippen MR) is 93.1 cm³/mol. The average molecular weight is 372 g/mol. The van der Waals surface area contributed by atoms with Crippen molar-refractivity contribution in [2.45, 2.75) is 18.4 Å². The van der Waals surface area contributed by atoms with Crippen LogP contribution in [0.15, 0.2) is 57.9 Å². The summed E-state index contributed by atoms with van der Waals surface area (Å²) in [6, 6.07) is 13.1. The topological polar surface area (TPSA) is 99.4 Å². The van der Waals surface area contributed by atoms with Crippen LogP contribution in [0.1, 0.15) is 21.8 Å². The van der Waals surface area contributed by atoms with Gasteiger partial charge in [-0.15, -0.1) is 0 Å². The molecule has 0 aliphatic carbocycles. The van der Waals surface area contributed by atoms with Crippen LogP contribution < -0.4 is 0 Å². The third-order valence-electron chi connectivity index (χ3n) is 3.70. The van der Waals surface area contributed by atoms with Crippen LogP contribution in [-0.2, 0) is 21.2 Å². The van der Waals surface area contributed by atoms with Crippen LogP contribution in [0.4, 0.5) is 0 Å². The predicted octanol–water partition coefficient (Wildman–Crippen LogP) is 2.81. The molecule has 0 radical (unpaired) electrons. The maximum atomic E-state index is 12.0. The van der Waals surface area contributed by atoms with E-state index in [4.69, 9.17) is 9.26 Å². The highest BCUT2D eigenvalue weighted by molar-refractivity contribution is 7.90. The first kappa shape index (κ1) is 17.8. The van der Waals surface area contributed by atoms with Gasteiger partial charge in [-0.2, -0.15) is 4.98 Å². The van der Waals surface area contributed by atoms with E-state index in [2.05, 4.69) is 10.1 Å². The molecule has 0 bridgehead atoms. The van der Waals surface area contributed by atoms with Crippen molar-refractivity contribution in [3.05, 3.63) is 65.5 Å². The number of ether oxygens (including phenoxy) is 1. The van der Waals surface area contributed by atoms with E-state index in [1.165, 1.54) is 24.3 Å².